The van der Waals surface area contributed by atoms with Gasteiger partial charge in [-0.1, -0.05) is 56.7 Å². The average molecular weight is 354 g/mol. The highest BCUT2D eigenvalue weighted by molar-refractivity contribution is 7.99. The number of unbranched alkanes of at least 4 members (excludes halogenated alkanes) is 2. The van der Waals surface area contributed by atoms with Gasteiger partial charge in [0.05, 0.1) is 4.90 Å². The van der Waals surface area contributed by atoms with E-state index in [9.17, 15) is 8.42 Å². The molecule has 0 radical (unpaired) electrons. The SMILES string of the molecule is CCCCCSc1nnc(C(CC)S(=O)(=O)c2ccccc2)o1. The molecule has 5 nitrogen and oxygen atoms in total. The van der Waals surface area contributed by atoms with E-state index in [0.717, 1.165) is 25.0 Å². The highest BCUT2D eigenvalue weighted by Gasteiger charge is 2.32. The molecule has 1 heterocycles. The van der Waals surface area contributed by atoms with E-state index in [4.69, 9.17) is 4.42 Å². The third-order valence-corrected chi connectivity index (χ3v) is 6.61. The van der Waals surface area contributed by atoms with E-state index in [0.29, 0.717) is 11.6 Å². The van der Waals surface area contributed by atoms with Crippen LogP contribution in [0.25, 0.3) is 0 Å². The summed E-state index contributed by atoms with van der Waals surface area (Å²) in [6.45, 7) is 3.96. The fraction of sp³-hybridized carbons (Fsp3) is 0.500. The van der Waals surface area contributed by atoms with Crippen LogP contribution in [0.3, 0.4) is 0 Å². The first kappa shape index (κ1) is 18.0. The smallest absolute Gasteiger partial charge is 0.276 e. The van der Waals surface area contributed by atoms with Crippen molar-refractivity contribution in [3.63, 3.8) is 0 Å². The van der Waals surface area contributed by atoms with Gasteiger partial charge in [0.1, 0.15) is 5.25 Å². The van der Waals surface area contributed by atoms with Gasteiger partial charge in [-0.05, 0) is 25.0 Å². The van der Waals surface area contributed by atoms with Crippen LogP contribution in [0, 0.1) is 0 Å². The van der Waals surface area contributed by atoms with E-state index in [2.05, 4.69) is 17.1 Å². The van der Waals surface area contributed by atoms with E-state index >= 15 is 0 Å². The average Bonchev–Trinajstić information content (AvgIpc) is 3.01. The van der Waals surface area contributed by atoms with Gasteiger partial charge in [-0.25, -0.2) is 8.42 Å². The fourth-order valence-electron chi connectivity index (χ4n) is 2.22. The second kappa shape index (κ2) is 8.49. The van der Waals surface area contributed by atoms with Crippen molar-refractivity contribution in [3.8, 4) is 0 Å². The largest absolute Gasteiger partial charge is 0.414 e. The lowest BCUT2D eigenvalue weighted by atomic mass is 10.3. The Hall–Kier alpha value is -1.34. The minimum Gasteiger partial charge on any atom is -0.414 e. The van der Waals surface area contributed by atoms with Crippen LogP contribution >= 0.6 is 11.8 Å². The van der Waals surface area contributed by atoms with Crippen molar-refractivity contribution < 1.29 is 12.8 Å². The molecule has 0 aliphatic rings. The number of thioether (sulfide) groups is 1. The summed E-state index contributed by atoms with van der Waals surface area (Å²) < 4.78 is 31.1. The molecule has 7 heteroatoms. The van der Waals surface area contributed by atoms with Gasteiger partial charge in [0, 0.05) is 5.75 Å². The lowest BCUT2D eigenvalue weighted by Crippen LogP contribution is -2.13. The molecular formula is C16H22N2O3S2. The molecule has 0 aliphatic heterocycles. The lowest BCUT2D eigenvalue weighted by molar-refractivity contribution is 0.403. The first-order chi connectivity index (χ1) is 11.1. The van der Waals surface area contributed by atoms with Crippen LogP contribution in [-0.4, -0.2) is 24.4 Å². The number of hydrogen-bond donors (Lipinski definition) is 0. The van der Waals surface area contributed by atoms with Gasteiger partial charge in [-0.3, -0.25) is 0 Å². The van der Waals surface area contributed by atoms with Gasteiger partial charge < -0.3 is 4.42 Å². The molecule has 1 atom stereocenters. The van der Waals surface area contributed by atoms with Crippen molar-refractivity contribution in [2.45, 2.75) is 54.9 Å². The second-order valence-electron chi connectivity index (χ2n) is 5.22. The summed E-state index contributed by atoms with van der Waals surface area (Å²) in [6, 6.07) is 8.39. The molecule has 1 unspecified atom stereocenters. The number of rotatable bonds is 9. The summed E-state index contributed by atoms with van der Waals surface area (Å²) in [5, 5.41) is 7.57. The van der Waals surface area contributed by atoms with Crippen LogP contribution in [0.4, 0.5) is 0 Å². The Bertz CT molecular complexity index is 699. The zero-order valence-electron chi connectivity index (χ0n) is 13.4. The molecule has 2 rings (SSSR count). The Morgan fingerprint density at radius 1 is 1.13 bits per heavy atom. The standard InChI is InChI=1S/C16H22N2O3S2/c1-3-5-9-12-22-16-18-17-15(21-16)14(4-2)23(19,20)13-10-7-6-8-11-13/h6-8,10-11,14H,3-5,9,12H2,1-2H3. The third kappa shape index (κ3) is 4.57. The molecule has 126 valence electrons. The van der Waals surface area contributed by atoms with Crippen molar-refractivity contribution in [1.82, 2.24) is 10.2 Å². The second-order valence-corrected chi connectivity index (χ2v) is 8.39. The number of aromatic nitrogens is 2. The van der Waals surface area contributed by atoms with Crippen molar-refractivity contribution in [2.75, 3.05) is 5.75 Å². The minimum atomic E-state index is -3.53. The minimum absolute atomic E-state index is 0.175. The van der Waals surface area contributed by atoms with Gasteiger partial charge in [-0.2, -0.15) is 0 Å². The molecule has 1 aromatic heterocycles. The predicted octanol–water partition coefficient (Wildman–Crippen LogP) is 4.28. The molecule has 0 N–H and O–H groups in total. The normalized spacial score (nSPS) is 13.1. The molecular weight excluding hydrogens is 332 g/mol. The molecule has 1 aromatic carbocycles. The summed E-state index contributed by atoms with van der Waals surface area (Å²) in [5.74, 6) is 1.08. The van der Waals surface area contributed by atoms with Gasteiger partial charge in [0.25, 0.3) is 5.22 Å². The van der Waals surface area contributed by atoms with E-state index in [-0.39, 0.29) is 10.8 Å². The van der Waals surface area contributed by atoms with E-state index < -0.39 is 15.1 Å². The van der Waals surface area contributed by atoms with Crippen LogP contribution in [0.1, 0.15) is 50.7 Å². The Labute approximate surface area is 141 Å². The van der Waals surface area contributed by atoms with Gasteiger partial charge >= 0.3 is 0 Å². The van der Waals surface area contributed by atoms with Gasteiger partial charge in [-0.15, -0.1) is 10.2 Å². The molecule has 0 amide bonds. The Kier molecular flexibility index (Phi) is 6.65. The number of hydrogen-bond acceptors (Lipinski definition) is 6. The fourth-order valence-corrected chi connectivity index (χ4v) is 4.65. The molecule has 0 saturated heterocycles. The first-order valence-electron chi connectivity index (χ1n) is 7.84. The van der Waals surface area contributed by atoms with Crippen LogP contribution in [0.2, 0.25) is 0 Å². The predicted molar refractivity (Wildman–Crippen MR) is 91.2 cm³/mol. The van der Waals surface area contributed by atoms with Gasteiger partial charge in [0.15, 0.2) is 9.84 Å². The van der Waals surface area contributed by atoms with Crippen molar-refractivity contribution in [3.05, 3.63) is 36.2 Å². The number of benzene rings is 1. The van der Waals surface area contributed by atoms with Crippen LogP contribution < -0.4 is 0 Å². The Morgan fingerprint density at radius 2 is 1.87 bits per heavy atom. The molecule has 0 aliphatic carbocycles. The highest BCUT2D eigenvalue weighted by atomic mass is 32.2. The zero-order valence-corrected chi connectivity index (χ0v) is 15.1. The van der Waals surface area contributed by atoms with Crippen molar-refractivity contribution in [2.24, 2.45) is 0 Å². The summed E-state index contributed by atoms with van der Waals surface area (Å²) in [5.41, 5.74) is 0. The Balaban J connectivity index is 2.14. The number of sulfone groups is 1. The summed E-state index contributed by atoms with van der Waals surface area (Å²) in [4.78, 5) is 0.280. The van der Waals surface area contributed by atoms with E-state index in [1.807, 2.05) is 6.92 Å². The molecule has 0 saturated carbocycles. The maximum Gasteiger partial charge on any atom is 0.276 e. The quantitative estimate of drug-likeness (QED) is 0.494. The highest BCUT2D eigenvalue weighted by Crippen LogP contribution is 2.32. The number of nitrogens with zero attached hydrogens (tertiary/aromatic N) is 2. The molecule has 0 fully saturated rings. The third-order valence-electron chi connectivity index (χ3n) is 3.49. The summed E-state index contributed by atoms with van der Waals surface area (Å²) in [7, 11) is -3.53. The topological polar surface area (TPSA) is 73.1 Å². The van der Waals surface area contributed by atoms with E-state index in [1.165, 1.54) is 11.8 Å². The van der Waals surface area contributed by atoms with Crippen LogP contribution in [-0.2, 0) is 9.84 Å². The van der Waals surface area contributed by atoms with Crippen LogP contribution in [0.15, 0.2) is 44.9 Å². The first-order valence-corrected chi connectivity index (χ1v) is 10.4. The van der Waals surface area contributed by atoms with Crippen LogP contribution in [0.5, 0.6) is 0 Å². The van der Waals surface area contributed by atoms with Gasteiger partial charge in [0.2, 0.25) is 5.89 Å². The molecule has 0 spiro atoms. The van der Waals surface area contributed by atoms with E-state index in [1.54, 1.807) is 30.3 Å². The molecule has 2 aromatic rings. The molecule has 23 heavy (non-hydrogen) atoms. The van der Waals surface area contributed by atoms with Crippen molar-refractivity contribution >= 4 is 21.6 Å². The zero-order chi connectivity index (χ0) is 16.7. The molecule has 0 bridgehead atoms. The maximum absolute atomic E-state index is 12.7. The summed E-state index contributed by atoms with van der Waals surface area (Å²) >= 11 is 1.48. The Morgan fingerprint density at radius 3 is 2.52 bits per heavy atom. The van der Waals surface area contributed by atoms with Crippen molar-refractivity contribution in [1.29, 1.82) is 0 Å². The summed E-state index contributed by atoms with van der Waals surface area (Å²) in [6.07, 6.45) is 3.79. The lowest BCUT2D eigenvalue weighted by Gasteiger charge is -2.11. The monoisotopic (exact) mass is 354 g/mol. The maximum atomic E-state index is 12.7.